The van der Waals surface area contributed by atoms with Gasteiger partial charge in [-0.15, -0.1) is 0 Å². The summed E-state index contributed by atoms with van der Waals surface area (Å²) in [7, 11) is 1.75. The molecule has 0 aliphatic carbocycles. The highest BCUT2D eigenvalue weighted by Gasteiger charge is 2.03. The fourth-order valence-corrected chi connectivity index (χ4v) is 2.74. The van der Waals surface area contributed by atoms with Crippen LogP contribution in [-0.4, -0.2) is 31.1 Å². The number of rotatable bonds is 7. The zero-order chi connectivity index (χ0) is 18.1. The van der Waals surface area contributed by atoms with E-state index in [0.717, 1.165) is 47.6 Å². The van der Waals surface area contributed by atoms with Crippen molar-refractivity contribution >= 4 is 21.9 Å². The van der Waals surface area contributed by atoms with Crippen LogP contribution < -0.4 is 10.6 Å². The summed E-state index contributed by atoms with van der Waals surface area (Å²) in [5.41, 5.74) is 2.95. The second-order valence-electron chi connectivity index (χ2n) is 5.82. The van der Waals surface area contributed by atoms with Gasteiger partial charge in [-0.25, -0.2) is 4.39 Å². The van der Waals surface area contributed by atoms with Gasteiger partial charge < -0.3 is 10.6 Å². The van der Waals surface area contributed by atoms with Crippen LogP contribution in [0.25, 0.3) is 0 Å². The van der Waals surface area contributed by atoms with E-state index in [1.54, 1.807) is 7.05 Å². The van der Waals surface area contributed by atoms with E-state index in [1.165, 1.54) is 11.6 Å². The molecule has 25 heavy (non-hydrogen) atoms. The Bertz CT molecular complexity index is 701. The minimum Gasteiger partial charge on any atom is -0.356 e. The highest BCUT2D eigenvalue weighted by Crippen LogP contribution is 2.16. The van der Waals surface area contributed by atoms with Gasteiger partial charge in [0, 0.05) is 36.5 Å². The number of hydrogen-bond acceptors (Lipinski definition) is 2. The normalized spacial score (nSPS) is 11.4. The van der Waals surface area contributed by atoms with Gasteiger partial charge in [-0.1, -0.05) is 28.1 Å². The van der Waals surface area contributed by atoms with Crippen molar-refractivity contribution in [3.8, 4) is 0 Å². The molecule has 2 N–H and O–H groups in total. The van der Waals surface area contributed by atoms with Crippen LogP contribution in [0, 0.1) is 12.7 Å². The first-order chi connectivity index (χ1) is 12.1. The van der Waals surface area contributed by atoms with Gasteiger partial charge >= 0.3 is 0 Å². The Labute approximate surface area is 157 Å². The number of hydrogen-bond donors (Lipinski definition) is 2. The van der Waals surface area contributed by atoms with Crippen LogP contribution in [0.5, 0.6) is 0 Å². The lowest BCUT2D eigenvalue weighted by atomic mass is 10.1. The number of aromatic nitrogens is 1. The molecule has 134 valence electrons. The largest absolute Gasteiger partial charge is 0.356 e. The second kappa shape index (κ2) is 10.1. The van der Waals surface area contributed by atoms with Crippen molar-refractivity contribution in [1.29, 1.82) is 0 Å². The van der Waals surface area contributed by atoms with Crippen LogP contribution in [0.2, 0.25) is 0 Å². The third-order valence-electron chi connectivity index (χ3n) is 3.83. The highest BCUT2D eigenvalue weighted by molar-refractivity contribution is 9.10. The highest BCUT2D eigenvalue weighted by atomic mass is 79.9. The molecule has 6 heteroatoms. The molecule has 0 aliphatic rings. The van der Waals surface area contributed by atoms with Crippen LogP contribution in [-0.2, 0) is 12.8 Å². The molecule has 1 heterocycles. The summed E-state index contributed by atoms with van der Waals surface area (Å²) >= 11 is 3.27. The van der Waals surface area contributed by atoms with Crippen molar-refractivity contribution in [2.45, 2.75) is 26.2 Å². The number of nitrogens with one attached hydrogen (secondary N) is 2. The van der Waals surface area contributed by atoms with Gasteiger partial charge in [0.25, 0.3) is 0 Å². The van der Waals surface area contributed by atoms with Gasteiger partial charge in [-0.3, -0.25) is 9.98 Å². The van der Waals surface area contributed by atoms with Gasteiger partial charge in [-0.05, 0) is 55.5 Å². The van der Waals surface area contributed by atoms with E-state index < -0.39 is 0 Å². The number of pyridine rings is 1. The monoisotopic (exact) mass is 406 g/mol. The van der Waals surface area contributed by atoms with Crippen LogP contribution in [0.1, 0.15) is 23.2 Å². The molecule has 0 saturated carbocycles. The van der Waals surface area contributed by atoms with E-state index in [1.807, 2.05) is 31.3 Å². The molecule has 4 nitrogen and oxygen atoms in total. The van der Waals surface area contributed by atoms with Gasteiger partial charge in [0.15, 0.2) is 5.96 Å². The molecular formula is C19H24BrFN4. The van der Waals surface area contributed by atoms with Gasteiger partial charge in [0.1, 0.15) is 5.82 Å². The molecule has 1 aromatic heterocycles. The van der Waals surface area contributed by atoms with Crippen molar-refractivity contribution in [3.63, 3.8) is 0 Å². The van der Waals surface area contributed by atoms with Gasteiger partial charge in [0.05, 0.1) is 0 Å². The lowest BCUT2D eigenvalue weighted by Crippen LogP contribution is -2.38. The molecule has 0 unspecified atom stereocenters. The lowest BCUT2D eigenvalue weighted by Gasteiger charge is -2.12. The SMILES string of the molecule is CN=C(NCCCc1ccc(Br)cc1F)NCCc1ccc(C)nc1. The molecule has 2 aromatic rings. The molecule has 0 amide bonds. The summed E-state index contributed by atoms with van der Waals surface area (Å²) < 4.78 is 14.5. The summed E-state index contributed by atoms with van der Waals surface area (Å²) in [6, 6.07) is 9.30. The van der Waals surface area contributed by atoms with E-state index in [-0.39, 0.29) is 5.82 Å². The molecular weight excluding hydrogens is 383 g/mol. The first-order valence-corrected chi connectivity index (χ1v) is 9.18. The molecule has 0 aliphatic heterocycles. The minimum absolute atomic E-state index is 0.163. The number of halogens is 2. The predicted octanol–water partition coefficient (Wildman–Crippen LogP) is 3.63. The van der Waals surface area contributed by atoms with Crippen LogP contribution in [0.15, 0.2) is 46.0 Å². The van der Waals surface area contributed by atoms with E-state index in [2.05, 4.69) is 42.6 Å². The Hall–Kier alpha value is -1.95. The first-order valence-electron chi connectivity index (χ1n) is 8.38. The quantitative estimate of drug-likeness (QED) is 0.419. The lowest BCUT2D eigenvalue weighted by molar-refractivity contribution is 0.602. The topological polar surface area (TPSA) is 49.3 Å². The second-order valence-corrected chi connectivity index (χ2v) is 6.74. The Morgan fingerprint density at radius 1 is 1.16 bits per heavy atom. The van der Waals surface area contributed by atoms with E-state index in [9.17, 15) is 4.39 Å². The molecule has 0 spiro atoms. The summed E-state index contributed by atoms with van der Waals surface area (Å²) in [6.07, 6.45) is 4.32. The zero-order valence-electron chi connectivity index (χ0n) is 14.6. The summed E-state index contributed by atoms with van der Waals surface area (Å²) in [6.45, 7) is 3.50. The summed E-state index contributed by atoms with van der Waals surface area (Å²) in [5, 5.41) is 6.54. The average Bonchev–Trinajstić information content (AvgIpc) is 2.60. The maximum atomic E-state index is 13.8. The van der Waals surface area contributed by atoms with Gasteiger partial charge in [0.2, 0.25) is 0 Å². The summed E-state index contributed by atoms with van der Waals surface area (Å²) in [4.78, 5) is 8.50. The smallest absolute Gasteiger partial charge is 0.190 e. The van der Waals surface area contributed by atoms with Crippen molar-refractivity contribution in [2.24, 2.45) is 4.99 Å². The zero-order valence-corrected chi connectivity index (χ0v) is 16.2. The first kappa shape index (κ1) is 19.4. The molecule has 0 saturated heterocycles. The van der Waals surface area contributed by atoms with E-state index >= 15 is 0 Å². The number of guanidine groups is 1. The number of aryl methyl sites for hydroxylation is 2. The number of nitrogens with zero attached hydrogens (tertiary/aromatic N) is 2. The number of benzene rings is 1. The molecule has 0 radical (unpaired) electrons. The Morgan fingerprint density at radius 2 is 1.96 bits per heavy atom. The maximum absolute atomic E-state index is 13.8. The Balaban J connectivity index is 1.67. The third kappa shape index (κ3) is 6.82. The van der Waals surface area contributed by atoms with Crippen molar-refractivity contribution in [1.82, 2.24) is 15.6 Å². The fourth-order valence-electron chi connectivity index (χ4n) is 2.40. The molecule has 0 bridgehead atoms. The molecule has 1 aromatic carbocycles. The van der Waals surface area contributed by atoms with Crippen molar-refractivity contribution in [3.05, 3.63) is 63.6 Å². The Morgan fingerprint density at radius 3 is 2.64 bits per heavy atom. The Kier molecular flexibility index (Phi) is 7.85. The van der Waals surface area contributed by atoms with Crippen LogP contribution in [0.4, 0.5) is 4.39 Å². The van der Waals surface area contributed by atoms with Crippen LogP contribution in [0.3, 0.4) is 0 Å². The standard InChI is InChI=1S/C19H24BrFN4/c1-14-5-6-15(13-25-14)9-11-24-19(22-2)23-10-3-4-16-7-8-17(20)12-18(16)21/h5-8,12-13H,3-4,9-11H2,1-2H3,(H2,22,23,24). The van der Waals surface area contributed by atoms with E-state index in [4.69, 9.17) is 0 Å². The fraction of sp³-hybridized carbons (Fsp3) is 0.368. The minimum atomic E-state index is -0.163. The molecule has 0 atom stereocenters. The van der Waals surface area contributed by atoms with Crippen molar-refractivity contribution < 1.29 is 4.39 Å². The summed E-state index contributed by atoms with van der Waals surface area (Å²) in [5.74, 6) is 0.597. The van der Waals surface area contributed by atoms with Gasteiger partial charge in [-0.2, -0.15) is 0 Å². The molecule has 2 rings (SSSR count). The maximum Gasteiger partial charge on any atom is 0.190 e. The van der Waals surface area contributed by atoms with Crippen molar-refractivity contribution in [2.75, 3.05) is 20.1 Å². The average molecular weight is 407 g/mol. The number of aliphatic imine (C=N–C) groups is 1. The van der Waals surface area contributed by atoms with Crippen LogP contribution >= 0.6 is 15.9 Å². The predicted molar refractivity (Wildman–Crippen MR) is 104 cm³/mol. The molecule has 0 fully saturated rings. The van der Waals surface area contributed by atoms with E-state index in [0.29, 0.717) is 6.42 Å². The third-order valence-corrected chi connectivity index (χ3v) is 4.33.